The Morgan fingerprint density at radius 1 is 1.04 bits per heavy atom. The van der Waals surface area contributed by atoms with Gasteiger partial charge < -0.3 is 25.8 Å². The fourth-order valence-electron chi connectivity index (χ4n) is 2.08. The van der Waals surface area contributed by atoms with Gasteiger partial charge in [-0.25, -0.2) is 0 Å². The minimum absolute atomic E-state index is 0.0717. The van der Waals surface area contributed by atoms with Crippen molar-refractivity contribution < 1.29 is 19.1 Å². The van der Waals surface area contributed by atoms with Crippen LogP contribution < -0.4 is 21.1 Å². The summed E-state index contributed by atoms with van der Waals surface area (Å²) in [5, 5.41) is 5.72. The summed E-state index contributed by atoms with van der Waals surface area (Å²) in [6, 6.07) is 13.8. The molecule has 2 amide bonds. The predicted molar refractivity (Wildman–Crippen MR) is 95.9 cm³/mol. The minimum Gasteiger partial charge on any atom is -0.491 e. The topological polar surface area (TPSA) is 103 Å². The third-order valence-corrected chi connectivity index (χ3v) is 3.27. The lowest BCUT2D eigenvalue weighted by Crippen LogP contribution is -2.22. The zero-order valence-electron chi connectivity index (χ0n) is 14.0. The molecule has 132 valence electrons. The summed E-state index contributed by atoms with van der Waals surface area (Å²) in [5.74, 6) is -0.0940. The first-order valence-electron chi connectivity index (χ1n) is 7.74. The monoisotopic (exact) mass is 343 g/mol. The molecule has 0 unspecified atom stereocenters. The predicted octanol–water partition coefficient (Wildman–Crippen LogP) is 1.86. The molecule has 0 aliphatic carbocycles. The van der Waals surface area contributed by atoms with E-state index >= 15 is 0 Å². The molecule has 0 aromatic heterocycles. The van der Waals surface area contributed by atoms with E-state index in [9.17, 15) is 9.59 Å². The molecule has 0 fully saturated rings. The van der Waals surface area contributed by atoms with Crippen LogP contribution in [0.5, 0.6) is 5.75 Å². The van der Waals surface area contributed by atoms with Crippen LogP contribution in [-0.4, -0.2) is 38.7 Å². The lowest BCUT2D eigenvalue weighted by Gasteiger charge is -2.10. The molecular weight excluding hydrogens is 322 g/mol. The summed E-state index contributed by atoms with van der Waals surface area (Å²) in [5.41, 5.74) is 6.84. The molecule has 2 aromatic carbocycles. The second-order valence-corrected chi connectivity index (χ2v) is 5.22. The number of ether oxygens (including phenoxy) is 2. The van der Waals surface area contributed by atoms with Gasteiger partial charge in [0.1, 0.15) is 12.4 Å². The molecule has 0 aliphatic rings. The standard InChI is InChI=1S/C18H21N3O4/c1-24-8-9-25-16-7-3-5-14(11-16)20-12-17(22)21-15-6-2-4-13(10-15)18(19)23/h2-7,10-11,20H,8-9,12H2,1H3,(H2,19,23)(H,21,22). The van der Waals surface area contributed by atoms with Crippen molar-refractivity contribution in [1.82, 2.24) is 0 Å². The molecule has 4 N–H and O–H groups in total. The van der Waals surface area contributed by atoms with Gasteiger partial charge in [-0.2, -0.15) is 0 Å². The van der Waals surface area contributed by atoms with Crippen molar-refractivity contribution in [2.75, 3.05) is 37.5 Å². The van der Waals surface area contributed by atoms with Crippen molar-refractivity contribution in [1.29, 1.82) is 0 Å². The number of amides is 2. The normalized spacial score (nSPS) is 10.1. The smallest absolute Gasteiger partial charge is 0.248 e. The summed E-state index contributed by atoms with van der Waals surface area (Å²) in [4.78, 5) is 23.2. The van der Waals surface area contributed by atoms with E-state index in [4.69, 9.17) is 15.2 Å². The number of methoxy groups -OCH3 is 1. The van der Waals surface area contributed by atoms with Crippen molar-refractivity contribution >= 4 is 23.2 Å². The molecule has 25 heavy (non-hydrogen) atoms. The van der Waals surface area contributed by atoms with Gasteiger partial charge in [-0.3, -0.25) is 9.59 Å². The summed E-state index contributed by atoms with van der Waals surface area (Å²) in [6.07, 6.45) is 0. The van der Waals surface area contributed by atoms with Crippen LogP contribution in [0.3, 0.4) is 0 Å². The highest BCUT2D eigenvalue weighted by atomic mass is 16.5. The number of rotatable bonds is 9. The third kappa shape index (κ3) is 6.15. The number of nitrogens with one attached hydrogen (secondary N) is 2. The summed E-state index contributed by atoms with van der Waals surface area (Å²) in [7, 11) is 1.61. The molecule has 7 heteroatoms. The number of nitrogens with two attached hydrogens (primary N) is 1. The number of anilines is 2. The van der Waals surface area contributed by atoms with Crippen molar-refractivity contribution in [2.24, 2.45) is 5.73 Å². The van der Waals surface area contributed by atoms with E-state index in [2.05, 4.69) is 10.6 Å². The average molecular weight is 343 g/mol. The first-order chi connectivity index (χ1) is 12.1. The fraction of sp³-hybridized carbons (Fsp3) is 0.222. The van der Waals surface area contributed by atoms with Crippen LogP contribution >= 0.6 is 0 Å². The molecule has 0 bridgehead atoms. The van der Waals surface area contributed by atoms with E-state index in [0.717, 1.165) is 5.69 Å². The molecule has 0 spiro atoms. The number of carbonyl (C=O) groups is 2. The molecular formula is C18H21N3O4. The van der Waals surface area contributed by atoms with Crippen LogP contribution in [0.2, 0.25) is 0 Å². The maximum absolute atomic E-state index is 12.0. The van der Waals surface area contributed by atoms with E-state index < -0.39 is 5.91 Å². The zero-order valence-corrected chi connectivity index (χ0v) is 14.0. The quantitative estimate of drug-likeness (QED) is 0.603. The van der Waals surface area contributed by atoms with Crippen LogP contribution in [-0.2, 0) is 9.53 Å². The number of hydrogen-bond donors (Lipinski definition) is 3. The van der Waals surface area contributed by atoms with Gasteiger partial charge in [0.2, 0.25) is 11.8 Å². The van der Waals surface area contributed by atoms with Crippen LogP contribution in [0, 0.1) is 0 Å². The second-order valence-electron chi connectivity index (χ2n) is 5.22. The number of benzene rings is 2. The molecule has 0 saturated carbocycles. The minimum atomic E-state index is -0.542. The lowest BCUT2D eigenvalue weighted by atomic mass is 10.2. The summed E-state index contributed by atoms with van der Waals surface area (Å²) in [6.45, 7) is 1.03. The SMILES string of the molecule is COCCOc1cccc(NCC(=O)Nc2cccc(C(N)=O)c2)c1. The molecule has 7 nitrogen and oxygen atoms in total. The van der Waals surface area contributed by atoms with Gasteiger partial charge in [-0.1, -0.05) is 12.1 Å². The Kier molecular flexibility index (Phi) is 6.79. The number of carbonyl (C=O) groups excluding carboxylic acids is 2. The van der Waals surface area contributed by atoms with Gasteiger partial charge in [0.25, 0.3) is 0 Å². The van der Waals surface area contributed by atoms with Gasteiger partial charge in [0.05, 0.1) is 13.2 Å². The Morgan fingerprint density at radius 3 is 2.56 bits per heavy atom. The Labute approximate surface area is 146 Å². The van der Waals surface area contributed by atoms with Gasteiger partial charge in [-0.05, 0) is 30.3 Å². The molecule has 2 aromatic rings. The third-order valence-electron chi connectivity index (χ3n) is 3.27. The molecule has 2 rings (SSSR count). The second kappa shape index (κ2) is 9.29. The maximum Gasteiger partial charge on any atom is 0.248 e. The van der Waals surface area contributed by atoms with Gasteiger partial charge in [-0.15, -0.1) is 0 Å². The van der Waals surface area contributed by atoms with E-state index in [1.807, 2.05) is 18.2 Å². The van der Waals surface area contributed by atoms with E-state index in [1.54, 1.807) is 31.4 Å². The Hall–Kier alpha value is -3.06. The number of hydrogen-bond acceptors (Lipinski definition) is 5. The highest BCUT2D eigenvalue weighted by molar-refractivity contribution is 5.97. The van der Waals surface area contributed by atoms with Crippen molar-refractivity contribution in [3.05, 3.63) is 54.1 Å². The molecule has 0 radical (unpaired) electrons. The van der Waals surface area contributed by atoms with Crippen molar-refractivity contribution in [2.45, 2.75) is 0 Å². The number of primary amides is 1. The molecule has 0 aliphatic heterocycles. The van der Waals surface area contributed by atoms with Gasteiger partial charge >= 0.3 is 0 Å². The fourth-order valence-corrected chi connectivity index (χ4v) is 2.08. The summed E-state index contributed by atoms with van der Waals surface area (Å²) < 4.78 is 10.4. The Bertz CT molecular complexity index is 734. The zero-order chi connectivity index (χ0) is 18.1. The largest absolute Gasteiger partial charge is 0.491 e. The maximum atomic E-state index is 12.0. The Morgan fingerprint density at radius 2 is 1.80 bits per heavy atom. The first-order valence-corrected chi connectivity index (χ1v) is 7.74. The molecule has 0 atom stereocenters. The Balaban J connectivity index is 1.86. The average Bonchev–Trinajstić information content (AvgIpc) is 2.61. The molecule has 0 saturated heterocycles. The highest BCUT2D eigenvalue weighted by Gasteiger charge is 2.06. The highest BCUT2D eigenvalue weighted by Crippen LogP contribution is 2.17. The van der Waals surface area contributed by atoms with Crippen molar-refractivity contribution in [3.8, 4) is 5.75 Å². The molecule has 0 heterocycles. The van der Waals surface area contributed by atoms with E-state index in [-0.39, 0.29) is 12.5 Å². The van der Waals surface area contributed by atoms with E-state index in [1.165, 1.54) is 6.07 Å². The summed E-state index contributed by atoms with van der Waals surface area (Å²) >= 11 is 0. The van der Waals surface area contributed by atoms with Crippen molar-refractivity contribution in [3.63, 3.8) is 0 Å². The van der Waals surface area contributed by atoms with Crippen LogP contribution in [0.15, 0.2) is 48.5 Å². The van der Waals surface area contributed by atoms with Gasteiger partial charge in [0, 0.05) is 30.1 Å². The first kappa shape index (κ1) is 18.3. The van der Waals surface area contributed by atoms with Crippen LogP contribution in [0.1, 0.15) is 10.4 Å². The van der Waals surface area contributed by atoms with Gasteiger partial charge in [0.15, 0.2) is 0 Å². The van der Waals surface area contributed by atoms with E-state index in [0.29, 0.717) is 30.2 Å². The lowest BCUT2D eigenvalue weighted by molar-refractivity contribution is -0.114. The van der Waals surface area contributed by atoms with Crippen LogP contribution in [0.4, 0.5) is 11.4 Å². The van der Waals surface area contributed by atoms with Crippen LogP contribution in [0.25, 0.3) is 0 Å².